The van der Waals surface area contributed by atoms with Gasteiger partial charge in [-0.15, -0.1) is 0 Å². The summed E-state index contributed by atoms with van der Waals surface area (Å²) < 4.78 is 0. The molecule has 0 spiro atoms. The van der Waals surface area contributed by atoms with Gasteiger partial charge >= 0.3 is 6.09 Å². The van der Waals surface area contributed by atoms with Gasteiger partial charge in [0.25, 0.3) is 0 Å². The predicted octanol–water partition coefficient (Wildman–Crippen LogP) is 2.19. The number of carbonyl (C=O) groups is 1. The molecule has 3 fully saturated rings. The summed E-state index contributed by atoms with van der Waals surface area (Å²) in [5, 5.41) is 11.3. The summed E-state index contributed by atoms with van der Waals surface area (Å²) in [6.07, 6.45) is 9.10. The molecule has 3 aliphatic rings. The van der Waals surface area contributed by atoms with Gasteiger partial charge in [0.05, 0.1) is 0 Å². The molecule has 0 bridgehead atoms. The summed E-state index contributed by atoms with van der Waals surface area (Å²) in [5.41, 5.74) is 0. The maximum absolute atomic E-state index is 10.6. The number of carboxylic acid groups (broad SMARTS) is 1. The molecule has 0 unspecified atom stereocenters. The Balaban J connectivity index is 1.51. The third-order valence-corrected chi connectivity index (χ3v) is 4.38. The van der Waals surface area contributed by atoms with Gasteiger partial charge in [0, 0.05) is 24.2 Å². The smallest absolute Gasteiger partial charge is 0.404 e. The predicted molar refractivity (Wildman–Crippen MR) is 65.1 cm³/mol. The Morgan fingerprint density at radius 2 is 1.29 bits per heavy atom. The molecule has 3 rings (SSSR count). The van der Waals surface area contributed by atoms with Crippen molar-refractivity contribution in [2.75, 3.05) is 0 Å². The van der Waals surface area contributed by atoms with Crippen LogP contribution in [0.3, 0.4) is 0 Å². The minimum absolute atomic E-state index is 0.198. The molecule has 3 saturated carbocycles. The van der Waals surface area contributed by atoms with Gasteiger partial charge in [-0.25, -0.2) is 4.79 Å². The largest absolute Gasteiger partial charge is 0.465 e. The van der Waals surface area contributed by atoms with Crippen molar-refractivity contribution in [1.82, 2.24) is 10.2 Å². The first-order valence-electron chi connectivity index (χ1n) is 7.01. The zero-order valence-electron chi connectivity index (χ0n) is 10.3. The van der Waals surface area contributed by atoms with Gasteiger partial charge in [-0.05, 0) is 51.4 Å². The minimum Gasteiger partial charge on any atom is -0.465 e. The van der Waals surface area contributed by atoms with Gasteiger partial charge in [-0.1, -0.05) is 0 Å². The molecule has 0 aromatic carbocycles. The van der Waals surface area contributed by atoms with Crippen LogP contribution >= 0.6 is 0 Å². The molecule has 0 atom stereocenters. The highest BCUT2D eigenvalue weighted by atomic mass is 16.4. The monoisotopic (exact) mass is 238 g/mol. The van der Waals surface area contributed by atoms with E-state index in [9.17, 15) is 4.79 Å². The van der Waals surface area contributed by atoms with E-state index in [-0.39, 0.29) is 6.04 Å². The van der Waals surface area contributed by atoms with Gasteiger partial charge < -0.3 is 10.4 Å². The number of nitrogens with zero attached hydrogens (tertiary/aromatic N) is 1. The Bertz CT molecular complexity index is 280. The second-order valence-corrected chi connectivity index (χ2v) is 5.86. The molecule has 0 aliphatic heterocycles. The Labute approximate surface area is 102 Å². The van der Waals surface area contributed by atoms with Crippen molar-refractivity contribution in [3.05, 3.63) is 0 Å². The summed E-state index contributed by atoms with van der Waals surface area (Å²) in [4.78, 5) is 13.4. The van der Waals surface area contributed by atoms with Gasteiger partial charge in [0.1, 0.15) is 0 Å². The first kappa shape index (κ1) is 11.3. The van der Waals surface area contributed by atoms with Crippen molar-refractivity contribution in [2.45, 2.75) is 75.5 Å². The number of hydrogen-bond acceptors (Lipinski definition) is 2. The second-order valence-electron chi connectivity index (χ2n) is 5.86. The third kappa shape index (κ3) is 2.73. The van der Waals surface area contributed by atoms with E-state index < -0.39 is 6.09 Å². The highest BCUT2D eigenvalue weighted by Gasteiger charge is 2.43. The van der Waals surface area contributed by atoms with Gasteiger partial charge in [0.15, 0.2) is 0 Å². The molecule has 4 nitrogen and oxygen atoms in total. The molecule has 4 heteroatoms. The zero-order chi connectivity index (χ0) is 11.8. The number of amides is 1. The normalized spacial score (nSPS) is 33.7. The Morgan fingerprint density at radius 3 is 1.65 bits per heavy atom. The van der Waals surface area contributed by atoms with Crippen molar-refractivity contribution in [3.8, 4) is 0 Å². The van der Waals surface area contributed by atoms with Gasteiger partial charge in [-0.3, -0.25) is 4.90 Å². The van der Waals surface area contributed by atoms with Crippen LogP contribution in [0.4, 0.5) is 4.79 Å². The Morgan fingerprint density at radius 1 is 0.882 bits per heavy atom. The van der Waals surface area contributed by atoms with E-state index in [1.54, 1.807) is 0 Å². The molecule has 0 heterocycles. The van der Waals surface area contributed by atoms with Crippen LogP contribution < -0.4 is 5.32 Å². The SMILES string of the molecule is O=C(O)N[C@H]1CC[C@H](N(C2CC2)C2CC2)CC1. The summed E-state index contributed by atoms with van der Waals surface area (Å²) in [6.45, 7) is 0. The van der Waals surface area contributed by atoms with E-state index >= 15 is 0 Å². The molecule has 96 valence electrons. The van der Waals surface area contributed by atoms with Crippen LogP contribution in [0.5, 0.6) is 0 Å². The van der Waals surface area contributed by atoms with Crippen LogP contribution in [0.1, 0.15) is 51.4 Å². The van der Waals surface area contributed by atoms with E-state index in [1.807, 2.05) is 0 Å². The van der Waals surface area contributed by atoms with Crippen molar-refractivity contribution in [1.29, 1.82) is 0 Å². The van der Waals surface area contributed by atoms with E-state index in [2.05, 4.69) is 10.2 Å². The van der Waals surface area contributed by atoms with E-state index in [0.29, 0.717) is 0 Å². The van der Waals surface area contributed by atoms with E-state index in [0.717, 1.165) is 31.0 Å². The first-order valence-corrected chi connectivity index (χ1v) is 7.01. The molecule has 0 saturated heterocycles. The lowest BCUT2D eigenvalue weighted by atomic mass is 9.90. The van der Waals surface area contributed by atoms with Crippen molar-refractivity contribution in [3.63, 3.8) is 0 Å². The fourth-order valence-electron chi connectivity index (χ4n) is 3.33. The van der Waals surface area contributed by atoms with Gasteiger partial charge in [0.2, 0.25) is 0 Å². The average molecular weight is 238 g/mol. The molecule has 17 heavy (non-hydrogen) atoms. The number of nitrogens with one attached hydrogen (secondary N) is 1. The molecule has 0 aromatic rings. The van der Waals surface area contributed by atoms with Crippen LogP contribution in [0.25, 0.3) is 0 Å². The lowest BCUT2D eigenvalue weighted by molar-refractivity contribution is 0.124. The van der Waals surface area contributed by atoms with Crippen LogP contribution in [-0.4, -0.2) is 40.3 Å². The zero-order valence-corrected chi connectivity index (χ0v) is 10.3. The molecule has 3 aliphatic carbocycles. The third-order valence-electron chi connectivity index (χ3n) is 4.38. The van der Waals surface area contributed by atoms with Crippen molar-refractivity contribution in [2.24, 2.45) is 0 Å². The van der Waals surface area contributed by atoms with Crippen molar-refractivity contribution < 1.29 is 9.90 Å². The second kappa shape index (κ2) is 4.48. The molecular weight excluding hydrogens is 216 g/mol. The molecule has 1 amide bonds. The summed E-state index contributed by atoms with van der Waals surface area (Å²) >= 11 is 0. The Kier molecular flexibility index (Phi) is 2.99. The summed E-state index contributed by atoms with van der Waals surface area (Å²) in [5.74, 6) is 0. The van der Waals surface area contributed by atoms with Crippen LogP contribution in [0, 0.1) is 0 Å². The van der Waals surface area contributed by atoms with Crippen LogP contribution in [0.15, 0.2) is 0 Å². The first-order chi connectivity index (χ1) is 8.24. The minimum atomic E-state index is -0.866. The number of rotatable bonds is 4. The lowest BCUT2D eigenvalue weighted by Gasteiger charge is -2.37. The standard InChI is InChI=1S/C13H22N2O2/c16-13(17)14-9-1-3-10(4-2-9)15(11-5-6-11)12-7-8-12/h9-12,14H,1-8H2,(H,16,17)/t9-,10-. The summed E-state index contributed by atoms with van der Waals surface area (Å²) in [6, 6.07) is 2.68. The molecule has 2 N–H and O–H groups in total. The molecule has 0 radical (unpaired) electrons. The Hall–Kier alpha value is -0.770. The lowest BCUT2D eigenvalue weighted by Crippen LogP contribution is -2.45. The fourth-order valence-corrected chi connectivity index (χ4v) is 3.33. The maximum Gasteiger partial charge on any atom is 0.404 e. The quantitative estimate of drug-likeness (QED) is 0.789. The fraction of sp³-hybridized carbons (Fsp3) is 0.923. The van der Waals surface area contributed by atoms with Crippen LogP contribution in [0.2, 0.25) is 0 Å². The highest BCUT2D eigenvalue weighted by molar-refractivity contribution is 5.64. The maximum atomic E-state index is 10.6. The van der Waals surface area contributed by atoms with Crippen molar-refractivity contribution >= 4 is 6.09 Å². The topological polar surface area (TPSA) is 52.6 Å². The summed E-state index contributed by atoms with van der Waals surface area (Å²) in [7, 11) is 0. The molecular formula is C13H22N2O2. The average Bonchev–Trinajstić information content (AvgIpc) is 3.12. The van der Waals surface area contributed by atoms with Crippen LogP contribution in [-0.2, 0) is 0 Å². The van der Waals surface area contributed by atoms with Gasteiger partial charge in [-0.2, -0.15) is 0 Å². The number of hydrogen-bond donors (Lipinski definition) is 2. The highest BCUT2D eigenvalue weighted by Crippen LogP contribution is 2.41. The van der Waals surface area contributed by atoms with E-state index in [1.165, 1.54) is 38.5 Å². The van der Waals surface area contributed by atoms with E-state index in [4.69, 9.17) is 5.11 Å². The molecule has 0 aromatic heterocycles.